The van der Waals surface area contributed by atoms with E-state index in [-0.39, 0.29) is 11.4 Å². The van der Waals surface area contributed by atoms with Crippen LogP contribution in [-0.4, -0.2) is 54.1 Å². The second kappa shape index (κ2) is 6.87. The van der Waals surface area contributed by atoms with E-state index in [0.717, 1.165) is 13.1 Å². The summed E-state index contributed by atoms with van der Waals surface area (Å²) in [5.41, 5.74) is 6.18. The fraction of sp³-hybridized carbons (Fsp3) is 0.533. The summed E-state index contributed by atoms with van der Waals surface area (Å²) in [5.74, 6) is -0.619. The molecular formula is C15H23FN4O. The van der Waals surface area contributed by atoms with E-state index in [1.807, 2.05) is 7.05 Å². The van der Waals surface area contributed by atoms with Gasteiger partial charge in [0.15, 0.2) is 5.84 Å². The number of benzene rings is 1. The SMILES string of the molecule is CN(Cc1cccc(/C(N)=N/O)c1F)CC1CCCN1C. The highest BCUT2D eigenvalue weighted by Crippen LogP contribution is 2.18. The second-order valence-corrected chi connectivity index (χ2v) is 5.74. The van der Waals surface area contributed by atoms with E-state index in [1.165, 1.54) is 18.9 Å². The van der Waals surface area contributed by atoms with Gasteiger partial charge in [0.25, 0.3) is 0 Å². The molecule has 0 spiro atoms. The molecule has 0 amide bonds. The number of hydrogen-bond acceptors (Lipinski definition) is 4. The summed E-state index contributed by atoms with van der Waals surface area (Å²) in [4.78, 5) is 4.46. The van der Waals surface area contributed by atoms with Gasteiger partial charge < -0.3 is 20.7 Å². The Morgan fingerprint density at radius 2 is 2.33 bits per heavy atom. The zero-order chi connectivity index (χ0) is 15.4. The molecule has 1 unspecified atom stereocenters. The summed E-state index contributed by atoms with van der Waals surface area (Å²) in [6, 6.07) is 5.50. The molecular weight excluding hydrogens is 271 g/mol. The van der Waals surface area contributed by atoms with Crippen molar-refractivity contribution >= 4 is 5.84 Å². The third-order valence-electron chi connectivity index (χ3n) is 4.10. The number of likely N-dealkylation sites (tertiary alicyclic amines) is 1. The van der Waals surface area contributed by atoms with Crippen molar-refractivity contribution in [3.8, 4) is 0 Å². The Balaban J connectivity index is 2.05. The Labute approximate surface area is 124 Å². The fourth-order valence-corrected chi connectivity index (χ4v) is 2.88. The lowest BCUT2D eigenvalue weighted by Crippen LogP contribution is -2.36. The summed E-state index contributed by atoms with van der Waals surface area (Å²) >= 11 is 0. The first-order valence-corrected chi connectivity index (χ1v) is 7.17. The van der Waals surface area contributed by atoms with Gasteiger partial charge in [0, 0.05) is 24.7 Å². The van der Waals surface area contributed by atoms with Gasteiger partial charge in [0.2, 0.25) is 0 Å². The van der Waals surface area contributed by atoms with Crippen LogP contribution in [-0.2, 0) is 6.54 Å². The van der Waals surface area contributed by atoms with Gasteiger partial charge in [-0.15, -0.1) is 0 Å². The van der Waals surface area contributed by atoms with Crippen LogP contribution < -0.4 is 5.73 Å². The van der Waals surface area contributed by atoms with Crippen LogP contribution in [0.15, 0.2) is 23.4 Å². The first kappa shape index (κ1) is 15.7. The smallest absolute Gasteiger partial charge is 0.173 e. The molecule has 1 aromatic carbocycles. The Morgan fingerprint density at radius 1 is 1.57 bits per heavy atom. The zero-order valence-electron chi connectivity index (χ0n) is 12.6. The Hall–Kier alpha value is -1.66. The normalized spacial score (nSPS) is 20.4. The second-order valence-electron chi connectivity index (χ2n) is 5.74. The van der Waals surface area contributed by atoms with Crippen molar-refractivity contribution in [2.24, 2.45) is 10.9 Å². The maximum absolute atomic E-state index is 14.4. The first-order chi connectivity index (χ1) is 10.0. The predicted molar refractivity (Wildman–Crippen MR) is 80.9 cm³/mol. The number of rotatable bonds is 5. The highest BCUT2D eigenvalue weighted by atomic mass is 19.1. The molecule has 1 aliphatic rings. The molecule has 0 aromatic heterocycles. The van der Waals surface area contributed by atoms with Gasteiger partial charge in [-0.3, -0.25) is 0 Å². The van der Waals surface area contributed by atoms with Crippen LogP contribution in [0.25, 0.3) is 0 Å². The molecule has 0 bridgehead atoms. The average Bonchev–Trinajstić information content (AvgIpc) is 2.85. The van der Waals surface area contributed by atoms with Gasteiger partial charge in [-0.1, -0.05) is 17.3 Å². The predicted octanol–water partition coefficient (Wildman–Crippen LogP) is 1.45. The lowest BCUT2D eigenvalue weighted by Gasteiger charge is -2.26. The lowest BCUT2D eigenvalue weighted by atomic mass is 10.1. The minimum absolute atomic E-state index is 0.140. The quantitative estimate of drug-likeness (QED) is 0.373. The first-order valence-electron chi connectivity index (χ1n) is 7.17. The van der Waals surface area contributed by atoms with Crippen molar-refractivity contribution < 1.29 is 9.60 Å². The fourth-order valence-electron chi connectivity index (χ4n) is 2.88. The third-order valence-corrected chi connectivity index (χ3v) is 4.10. The number of halogens is 1. The minimum atomic E-state index is -0.417. The molecule has 1 heterocycles. The molecule has 5 nitrogen and oxygen atoms in total. The van der Waals surface area contributed by atoms with Crippen LogP contribution in [0.4, 0.5) is 4.39 Å². The van der Waals surface area contributed by atoms with Gasteiger partial charge >= 0.3 is 0 Å². The number of likely N-dealkylation sites (N-methyl/N-ethyl adjacent to an activating group) is 2. The number of nitrogens with zero attached hydrogens (tertiary/aromatic N) is 3. The van der Waals surface area contributed by atoms with Crippen molar-refractivity contribution in [3.63, 3.8) is 0 Å². The van der Waals surface area contributed by atoms with E-state index in [0.29, 0.717) is 18.2 Å². The maximum atomic E-state index is 14.4. The molecule has 1 saturated heterocycles. The lowest BCUT2D eigenvalue weighted by molar-refractivity contribution is 0.214. The van der Waals surface area contributed by atoms with Gasteiger partial charge in [-0.25, -0.2) is 4.39 Å². The van der Waals surface area contributed by atoms with Crippen LogP contribution in [0.1, 0.15) is 24.0 Å². The van der Waals surface area contributed by atoms with Crippen molar-refractivity contribution in [2.75, 3.05) is 27.2 Å². The van der Waals surface area contributed by atoms with Crippen LogP contribution in [0.3, 0.4) is 0 Å². The molecule has 116 valence electrons. The zero-order valence-corrected chi connectivity index (χ0v) is 12.6. The van der Waals surface area contributed by atoms with Crippen LogP contribution in [0.2, 0.25) is 0 Å². The van der Waals surface area contributed by atoms with Crippen LogP contribution in [0.5, 0.6) is 0 Å². The molecule has 1 atom stereocenters. The van der Waals surface area contributed by atoms with Gasteiger partial charge in [0.1, 0.15) is 5.82 Å². The Morgan fingerprint density at radius 3 is 2.95 bits per heavy atom. The number of hydrogen-bond donors (Lipinski definition) is 2. The summed E-state index contributed by atoms with van der Waals surface area (Å²) in [6.07, 6.45) is 2.41. The van der Waals surface area contributed by atoms with Crippen LogP contribution >= 0.6 is 0 Å². The Kier molecular flexibility index (Phi) is 5.14. The molecule has 0 saturated carbocycles. The van der Waals surface area contributed by atoms with Crippen molar-refractivity contribution in [2.45, 2.75) is 25.4 Å². The number of oxime groups is 1. The van der Waals surface area contributed by atoms with Crippen LogP contribution in [0, 0.1) is 5.82 Å². The number of amidine groups is 1. The summed E-state index contributed by atoms with van der Waals surface area (Å²) in [5, 5.41) is 11.6. The number of nitrogens with two attached hydrogens (primary N) is 1. The molecule has 0 aliphatic carbocycles. The van der Waals surface area contributed by atoms with Gasteiger partial charge in [-0.2, -0.15) is 0 Å². The largest absolute Gasteiger partial charge is 0.409 e. The van der Waals surface area contributed by atoms with E-state index in [2.05, 4.69) is 22.0 Å². The monoisotopic (exact) mass is 294 g/mol. The molecule has 21 heavy (non-hydrogen) atoms. The molecule has 0 radical (unpaired) electrons. The molecule has 2 rings (SSSR count). The maximum Gasteiger partial charge on any atom is 0.173 e. The summed E-state index contributed by atoms with van der Waals surface area (Å²) < 4.78 is 14.4. The van der Waals surface area contributed by atoms with Gasteiger partial charge in [0.05, 0.1) is 5.56 Å². The van der Waals surface area contributed by atoms with Crippen molar-refractivity contribution in [1.82, 2.24) is 9.80 Å². The summed E-state index contributed by atoms with van der Waals surface area (Å²) in [6.45, 7) is 2.54. The average molecular weight is 294 g/mol. The van der Waals surface area contributed by atoms with Crippen molar-refractivity contribution in [3.05, 3.63) is 35.1 Å². The molecule has 1 fully saturated rings. The highest BCUT2D eigenvalue weighted by molar-refractivity contribution is 5.97. The van der Waals surface area contributed by atoms with E-state index in [4.69, 9.17) is 10.9 Å². The van der Waals surface area contributed by atoms with E-state index < -0.39 is 5.82 Å². The standard InChI is InChI=1S/C15H23FN4O/c1-19(10-12-6-4-8-20(12)2)9-11-5-3-7-13(14(11)16)15(17)18-21/h3,5,7,12,21H,4,6,8-10H2,1-2H3,(H2,17,18). The minimum Gasteiger partial charge on any atom is -0.409 e. The molecule has 3 N–H and O–H groups in total. The molecule has 1 aromatic rings. The van der Waals surface area contributed by atoms with E-state index in [9.17, 15) is 4.39 Å². The third kappa shape index (κ3) is 3.71. The van der Waals surface area contributed by atoms with Gasteiger partial charge in [-0.05, 0) is 39.5 Å². The van der Waals surface area contributed by atoms with E-state index >= 15 is 0 Å². The molecule has 1 aliphatic heterocycles. The van der Waals surface area contributed by atoms with E-state index in [1.54, 1.807) is 12.1 Å². The summed E-state index contributed by atoms with van der Waals surface area (Å²) in [7, 11) is 4.12. The highest BCUT2D eigenvalue weighted by Gasteiger charge is 2.22. The topological polar surface area (TPSA) is 65.1 Å². The molecule has 6 heteroatoms. The Bertz CT molecular complexity index is 520. The van der Waals surface area contributed by atoms with Crippen molar-refractivity contribution in [1.29, 1.82) is 0 Å².